The minimum atomic E-state index is 0.599. The molecule has 0 radical (unpaired) electrons. The Labute approximate surface area is 95.2 Å². The molecule has 0 atom stereocenters. The van der Waals surface area contributed by atoms with E-state index in [1.165, 1.54) is 0 Å². The van der Waals surface area contributed by atoms with Crippen LogP contribution in [0.15, 0.2) is 0 Å². The molecule has 0 spiro atoms. The molecule has 1 N–H and O–H groups in total. The van der Waals surface area contributed by atoms with E-state index >= 15 is 0 Å². The van der Waals surface area contributed by atoms with E-state index in [2.05, 4.69) is 44.8 Å². The van der Waals surface area contributed by atoms with E-state index in [-0.39, 0.29) is 0 Å². The fraction of sp³-hybridized carbons (Fsp3) is 1.00. The highest BCUT2D eigenvalue weighted by Crippen LogP contribution is 2.03. The van der Waals surface area contributed by atoms with Crippen molar-refractivity contribution < 1.29 is 4.74 Å². The van der Waals surface area contributed by atoms with Gasteiger partial charge in [0, 0.05) is 25.2 Å². The van der Waals surface area contributed by atoms with Crippen molar-refractivity contribution in [2.45, 2.75) is 46.7 Å². The molecule has 0 bridgehead atoms. The van der Waals surface area contributed by atoms with Gasteiger partial charge in [-0.3, -0.25) is 4.90 Å². The summed E-state index contributed by atoms with van der Waals surface area (Å²) >= 11 is 0. The third-order valence-corrected chi connectivity index (χ3v) is 2.49. The van der Waals surface area contributed by atoms with E-state index in [4.69, 9.17) is 4.74 Å². The monoisotopic (exact) mass is 216 g/mol. The van der Waals surface area contributed by atoms with Gasteiger partial charge < -0.3 is 10.1 Å². The largest absolute Gasteiger partial charge is 0.379 e. The third kappa shape index (κ3) is 7.77. The van der Waals surface area contributed by atoms with Gasteiger partial charge in [-0.15, -0.1) is 0 Å². The van der Waals surface area contributed by atoms with Gasteiger partial charge >= 0.3 is 0 Å². The van der Waals surface area contributed by atoms with Crippen LogP contribution in [0.3, 0.4) is 0 Å². The van der Waals surface area contributed by atoms with Crippen LogP contribution in [0.5, 0.6) is 0 Å². The van der Waals surface area contributed by atoms with E-state index in [9.17, 15) is 0 Å². The molecule has 3 heteroatoms. The van der Waals surface area contributed by atoms with Crippen molar-refractivity contribution in [2.75, 3.05) is 32.8 Å². The Bertz CT molecular complexity index is 130. The molecule has 0 unspecified atom stereocenters. The second-order valence-electron chi connectivity index (χ2n) is 4.39. The van der Waals surface area contributed by atoms with Crippen LogP contribution in [0.1, 0.15) is 34.6 Å². The molecule has 3 nitrogen and oxygen atoms in total. The highest BCUT2D eigenvalue weighted by molar-refractivity contribution is 4.66. The summed E-state index contributed by atoms with van der Waals surface area (Å²) in [6, 6.07) is 1.20. The van der Waals surface area contributed by atoms with Crippen LogP contribution in [-0.4, -0.2) is 49.8 Å². The molecule has 0 amide bonds. The lowest BCUT2D eigenvalue weighted by atomic mass is 10.2. The van der Waals surface area contributed by atoms with Crippen molar-refractivity contribution in [1.29, 1.82) is 0 Å². The number of nitrogens with zero attached hydrogens (tertiary/aromatic N) is 1. The average Bonchev–Trinajstić information content (AvgIpc) is 2.15. The van der Waals surface area contributed by atoms with Crippen LogP contribution >= 0.6 is 0 Å². The summed E-state index contributed by atoms with van der Waals surface area (Å²) in [4.78, 5) is 2.45. The fourth-order valence-electron chi connectivity index (χ4n) is 1.71. The molecule has 0 saturated heterocycles. The van der Waals surface area contributed by atoms with Gasteiger partial charge in [0.1, 0.15) is 0 Å². The van der Waals surface area contributed by atoms with E-state index in [1.54, 1.807) is 0 Å². The number of rotatable bonds is 9. The topological polar surface area (TPSA) is 24.5 Å². The lowest BCUT2D eigenvalue weighted by Gasteiger charge is -2.30. The summed E-state index contributed by atoms with van der Waals surface area (Å²) in [5, 5.41) is 3.24. The van der Waals surface area contributed by atoms with Gasteiger partial charge in [0.25, 0.3) is 0 Å². The Kier molecular flexibility index (Phi) is 9.06. The first-order chi connectivity index (χ1) is 7.09. The van der Waals surface area contributed by atoms with Crippen LogP contribution in [0, 0.1) is 0 Å². The van der Waals surface area contributed by atoms with Gasteiger partial charge in [0.2, 0.25) is 0 Å². The van der Waals surface area contributed by atoms with Crippen molar-refractivity contribution in [3.8, 4) is 0 Å². The zero-order chi connectivity index (χ0) is 11.7. The van der Waals surface area contributed by atoms with Gasteiger partial charge in [0.15, 0.2) is 0 Å². The van der Waals surface area contributed by atoms with E-state index in [1.807, 2.05) is 0 Å². The van der Waals surface area contributed by atoms with Gasteiger partial charge in [-0.2, -0.15) is 0 Å². The molecule has 0 rings (SSSR count). The maximum atomic E-state index is 5.56. The Hall–Kier alpha value is -0.120. The molecular weight excluding hydrogens is 188 g/mol. The fourth-order valence-corrected chi connectivity index (χ4v) is 1.71. The quantitative estimate of drug-likeness (QED) is 0.594. The molecule has 0 aliphatic heterocycles. The van der Waals surface area contributed by atoms with Crippen LogP contribution in [0.2, 0.25) is 0 Å². The summed E-state index contributed by atoms with van der Waals surface area (Å²) < 4.78 is 5.56. The summed E-state index contributed by atoms with van der Waals surface area (Å²) in [6.45, 7) is 15.7. The van der Waals surface area contributed by atoms with Crippen LogP contribution < -0.4 is 5.32 Å². The lowest BCUT2D eigenvalue weighted by molar-refractivity contribution is 0.0799. The van der Waals surface area contributed by atoms with E-state index < -0.39 is 0 Å². The number of hydrogen-bond acceptors (Lipinski definition) is 3. The molecule has 0 aliphatic rings. The summed E-state index contributed by atoms with van der Waals surface area (Å²) in [5.74, 6) is 0. The maximum Gasteiger partial charge on any atom is 0.0594 e. The Morgan fingerprint density at radius 1 is 1.07 bits per heavy atom. The zero-order valence-electron chi connectivity index (χ0n) is 11.0. The lowest BCUT2D eigenvalue weighted by Crippen LogP contribution is -2.39. The number of likely N-dealkylation sites (N-methyl/N-ethyl adjacent to an activating group) is 1. The molecule has 92 valence electrons. The summed E-state index contributed by atoms with van der Waals surface area (Å²) in [5.41, 5.74) is 0. The number of nitrogens with one attached hydrogen (secondary N) is 1. The molecular formula is C12H28N2O. The zero-order valence-corrected chi connectivity index (χ0v) is 11.0. The first-order valence-corrected chi connectivity index (χ1v) is 6.13. The van der Waals surface area contributed by atoms with Crippen LogP contribution in [-0.2, 0) is 4.74 Å². The Morgan fingerprint density at radius 2 is 1.67 bits per heavy atom. The minimum absolute atomic E-state index is 0.599. The van der Waals surface area contributed by atoms with E-state index in [0.29, 0.717) is 12.1 Å². The van der Waals surface area contributed by atoms with Crippen LogP contribution in [0.25, 0.3) is 0 Å². The molecule has 0 heterocycles. The predicted octanol–water partition coefficient (Wildman–Crippen LogP) is 1.73. The normalized spacial score (nSPS) is 12.0. The minimum Gasteiger partial charge on any atom is -0.379 e. The molecule has 0 fully saturated rings. The smallest absolute Gasteiger partial charge is 0.0594 e. The van der Waals surface area contributed by atoms with Gasteiger partial charge in [-0.1, -0.05) is 6.92 Å². The highest BCUT2D eigenvalue weighted by atomic mass is 16.5. The average molecular weight is 216 g/mol. The van der Waals surface area contributed by atoms with Gasteiger partial charge in [-0.05, 0) is 34.2 Å². The standard InChI is InChI=1S/C12H28N2O/c1-6-13-7-9-15-10-8-14(11(2)3)12(4)5/h11-13H,6-10H2,1-5H3. The Balaban J connectivity index is 3.46. The van der Waals surface area contributed by atoms with Gasteiger partial charge in [-0.25, -0.2) is 0 Å². The first-order valence-electron chi connectivity index (χ1n) is 6.13. The van der Waals surface area contributed by atoms with Crippen molar-refractivity contribution >= 4 is 0 Å². The summed E-state index contributed by atoms with van der Waals surface area (Å²) in [6.07, 6.45) is 0. The second kappa shape index (κ2) is 9.13. The molecule has 0 aliphatic carbocycles. The molecule has 0 aromatic heterocycles. The van der Waals surface area contributed by atoms with Crippen molar-refractivity contribution in [3.05, 3.63) is 0 Å². The number of hydrogen-bond donors (Lipinski definition) is 1. The predicted molar refractivity (Wildman–Crippen MR) is 66.3 cm³/mol. The first kappa shape index (κ1) is 14.9. The molecule has 15 heavy (non-hydrogen) atoms. The van der Waals surface area contributed by atoms with E-state index in [0.717, 1.165) is 32.8 Å². The highest BCUT2D eigenvalue weighted by Gasteiger charge is 2.12. The molecule has 0 aromatic rings. The molecule has 0 aromatic carbocycles. The summed E-state index contributed by atoms with van der Waals surface area (Å²) in [7, 11) is 0. The second-order valence-corrected chi connectivity index (χ2v) is 4.39. The SMILES string of the molecule is CCNCCOCCN(C(C)C)C(C)C. The molecule has 0 saturated carbocycles. The van der Waals surface area contributed by atoms with Gasteiger partial charge in [0.05, 0.1) is 13.2 Å². The Morgan fingerprint density at radius 3 is 2.13 bits per heavy atom. The van der Waals surface area contributed by atoms with Crippen LogP contribution in [0.4, 0.5) is 0 Å². The van der Waals surface area contributed by atoms with Crippen molar-refractivity contribution in [3.63, 3.8) is 0 Å². The maximum absolute atomic E-state index is 5.56. The van der Waals surface area contributed by atoms with Crippen molar-refractivity contribution in [2.24, 2.45) is 0 Å². The van der Waals surface area contributed by atoms with Crippen molar-refractivity contribution in [1.82, 2.24) is 10.2 Å². The third-order valence-electron chi connectivity index (χ3n) is 2.49. The number of ether oxygens (including phenoxy) is 1.